The summed E-state index contributed by atoms with van der Waals surface area (Å²) in [6.07, 6.45) is 1.97. The molecule has 5 heteroatoms. The van der Waals surface area contributed by atoms with Crippen molar-refractivity contribution in [3.63, 3.8) is 0 Å². The van der Waals surface area contributed by atoms with Gasteiger partial charge in [-0.2, -0.15) is 0 Å². The molecule has 2 aromatic carbocycles. The average molecular weight is 311 g/mol. The molecule has 3 aliphatic heterocycles. The maximum Gasteiger partial charge on any atom is 0.261 e. The van der Waals surface area contributed by atoms with Crippen LogP contribution in [0, 0.1) is 0 Å². The van der Waals surface area contributed by atoms with Gasteiger partial charge in [-0.25, -0.2) is 0 Å². The van der Waals surface area contributed by atoms with E-state index in [0.29, 0.717) is 0 Å². The van der Waals surface area contributed by atoms with E-state index in [1.165, 1.54) is 10.9 Å². The van der Waals surface area contributed by atoms with Gasteiger partial charge in [0, 0.05) is 34.4 Å². The van der Waals surface area contributed by atoms with Gasteiger partial charge in [0.1, 0.15) is 7.85 Å². The second-order valence-electron chi connectivity index (χ2n) is 6.87. The number of amides is 1. The van der Waals surface area contributed by atoms with Crippen molar-refractivity contribution in [1.82, 2.24) is 4.98 Å². The highest BCUT2D eigenvalue weighted by molar-refractivity contribution is 6.38. The molecule has 2 radical (unpaired) electrons. The molecule has 0 fully saturated rings. The van der Waals surface area contributed by atoms with E-state index < -0.39 is 5.54 Å². The molecule has 1 aromatic heterocycles. The van der Waals surface area contributed by atoms with E-state index in [-0.39, 0.29) is 5.91 Å². The summed E-state index contributed by atoms with van der Waals surface area (Å²) < 4.78 is 0. The lowest BCUT2D eigenvalue weighted by atomic mass is 9.72. The van der Waals surface area contributed by atoms with Gasteiger partial charge in [-0.1, -0.05) is 29.7 Å². The molecule has 6 rings (SSSR count). The Labute approximate surface area is 140 Å². The van der Waals surface area contributed by atoms with Gasteiger partial charge in [0.15, 0.2) is 5.54 Å². The molecule has 1 unspecified atom stereocenters. The van der Waals surface area contributed by atoms with Crippen LogP contribution in [0.25, 0.3) is 10.9 Å². The molecule has 1 spiro atoms. The van der Waals surface area contributed by atoms with Crippen molar-refractivity contribution in [1.29, 1.82) is 0 Å². The molecule has 0 bridgehead atoms. The van der Waals surface area contributed by atoms with Gasteiger partial charge in [-0.3, -0.25) is 4.79 Å². The molecule has 3 aromatic rings. The standard InChI is InChI=1S/C19H14BN3O/c20-12-7-8-14-15-16(12)23-9-3-5-11-10-4-1-2-6-13(10)21-17(11)19(15,23)18(24)22-14/h1-2,4,6-8,21H,3,5,9H2,(H,22,24). The summed E-state index contributed by atoms with van der Waals surface area (Å²) in [5, 5.41) is 4.30. The number of para-hydroxylation sites is 1. The minimum absolute atomic E-state index is 0.0327. The minimum Gasteiger partial charge on any atom is -0.355 e. The highest BCUT2D eigenvalue weighted by atomic mass is 16.2. The van der Waals surface area contributed by atoms with Crippen LogP contribution in [0.2, 0.25) is 0 Å². The molecular weight excluding hydrogens is 297 g/mol. The van der Waals surface area contributed by atoms with Crippen LogP contribution in [0.1, 0.15) is 23.2 Å². The Hall–Kier alpha value is -2.69. The van der Waals surface area contributed by atoms with E-state index in [0.717, 1.165) is 53.0 Å². The lowest BCUT2D eigenvalue weighted by Crippen LogP contribution is -2.61. The van der Waals surface area contributed by atoms with Crippen LogP contribution in [0.5, 0.6) is 0 Å². The molecule has 0 aliphatic carbocycles. The first kappa shape index (κ1) is 12.7. The highest BCUT2D eigenvalue weighted by Crippen LogP contribution is 2.59. The Kier molecular flexibility index (Phi) is 2.04. The molecule has 0 saturated heterocycles. The number of fused-ring (bicyclic) bond motifs is 4. The molecule has 4 nitrogen and oxygen atoms in total. The topological polar surface area (TPSA) is 48.1 Å². The second kappa shape index (κ2) is 3.86. The second-order valence-corrected chi connectivity index (χ2v) is 6.87. The molecule has 4 heterocycles. The molecule has 1 atom stereocenters. The number of aromatic amines is 1. The monoisotopic (exact) mass is 311 g/mol. The lowest BCUT2D eigenvalue weighted by Gasteiger charge is -2.50. The maximum atomic E-state index is 13.1. The first-order valence-corrected chi connectivity index (χ1v) is 8.35. The zero-order valence-electron chi connectivity index (χ0n) is 13.0. The Morgan fingerprint density at radius 2 is 2.04 bits per heavy atom. The van der Waals surface area contributed by atoms with E-state index in [4.69, 9.17) is 7.85 Å². The third-order valence-electron chi connectivity index (χ3n) is 5.81. The van der Waals surface area contributed by atoms with Crippen LogP contribution in [0.3, 0.4) is 0 Å². The Morgan fingerprint density at radius 3 is 2.96 bits per heavy atom. The summed E-state index contributed by atoms with van der Waals surface area (Å²) in [6.45, 7) is 0.838. The summed E-state index contributed by atoms with van der Waals surface area (Å²) in [6, 6.07) is 12.1. The number of anilines is 2. The van der Waals surface area contributed by atoms with Crippen molar-refractivity contribution in [3.8, 4) is 0 Å². The van der Waals surface area contributed by atoms with E-state index in [2.05, 4.69) is 33.4 Å². The van der Waals surface area contributed by atoms with Crippen molar-refractivity contribution >= 4 is 41.5 Å². The van der Waals surface area contributed by atoms with Gasteiger partial charge < -0.3 is 15.2 Å². The van der Waals surface area contributed by atoms with E-state index >= 15 is 0 Å². The lowest BCUT2D eigenvalue weighted by molar-refractivity contribution is -0.120. The van der Waals surface area contributed by atoms with Crippen LogP contribution in [0.4, 0.5) is 11.4 Å². The van der Waals surface area contributed by atoms with E-state index in [1.54, 1.807) is 0 Å². The number of carbonyl (C=O) groups is 1. The summed E-state index contributed by atoms with van der Waals surface area (Å²) in [5.41, 5.74) is 6.37. The van der Waals surface area contributed by atoms with Gasteiger partial charge in [-0.15, -0.1) is 0 Å². The number of hydrogen-bond donors (Lipinski definition) is 2. The number of benzene rings is 2. The van der Waals surface area contributed by atoms with Crippen molar-refractivity contribution in [2.75, 3.05) is 16.8 Å². The van der Waals surface area contributed by atoms with E-state index in [1.807, 2.05) is 18.2 Å². The fourth-order valence-electron chi connectivity index (χ4n) is 4.90. The van der Waals surface area contributed by atoms with Crippen molar-refractivity contribution in [3.05, 3.63) is 53.2 Å². The number of rotatable bonds is 0. The van der Waals surface area contributed by atoms with Crippen LogP contribution in [-0.4, -0.2) is 25.3 Å². The maximum absolute atomic E-state index is 13.1. The van der Waals surface area contributed by atoms with Gasteiger partial charge >= 0.3 is 0 Å². The van der Waals surface area contributed by atoms with Crippen LogP contribution in [0.15, 0.2) is 36.4 Å². The summed E-state index contributed by atoms with van der Waals surface area (Å²) in [7, 11) is 6.24. The van der Waals surface area contributed by atoms with Crippen LogP contribution < -0.4 is 15.7 Å². The number of aryl methyl sites for hydroxylation is 1. The summed E-state index contributed by atoms with van der Waals surface area (Å²) in [5.74, 6) is 0.0327. The summed E-state index contributed by atoms with van der Waals surface area (Å²) in [4.78, 5) is 18.9. The van der Waals surface area contributed by atoms with Crippen LogP contribution in [-0.2, 0) is 16.8 Å². The van der Waals surface area contributed by atoms with Crippen molar-refractivity contribution < 1.29 is 4.79 Å². The normalized spacial score (nSPS) is 23.2. The molecule has 24 heavy (non-hydrogen) atoms. The minimum atomic E-state index is -0.731. The smallest absolute Gasteiger partial charge is 0.261 e. The van der Waals surface area contributed by atoms with Crippen molar-refractivity contribution in [2.24, 2.45) is 0 Å². The summed E-state index contributed by atoms with van der Waals surface area (Å²) >= 11 is 0. The third kappa shape index (κ3) is 1.14. The Balaban J connectivity index is 1.76. The molecule has 3 aliphatic rings. The Bertz CT molecular complexity index is 1070. The first-order chi connectivity index (χ1) is 11.7. The zero-order valence-corrected chi connectivity index (χ0v) is 13.0. The van der Waals surface area contributed by atoms with Crippen molar-refractivity contribution in [2.45, 2.75) is 18.4 Å². The fourth-order valence-corrected chi connectivity index (χ4v) is 4.90. The number of H-pyrrole nitrogens is 1. The number of aromatic nitrogens is 1. The van der Waals surface area contributed by atoms with Gasteiger partial charge in [0.25, 0.3) is 5.91 Å². The van der Waals surface area contributed by atoms with Gasteiger partial charge in [0.2, 0.25) is 0 Å². The SMILES string of the molecule is [B]c1ccc2c3c1N1CCCc4c([nH]c5ccccc45)C31C(=O)N2. The van der Waals surface area contributed by atoms with E-state index in [9.17, 15) is 4.79 Å². The number of hydrogen-bond acceptors (Lipinski definition) is 2. The van der Waals surface area contributed by atoms with Gasteiger partial charge in [0.05, 0.1) is 5.69 Å². The largest absolute Gasteiger partial charge is 0.355 e. The number of nitrogens with zero attached hydrogens (tertiary/aromatic N) is 1. The Morgan fingerprint density at radius 1 is 1.17 bits per heavy atom. The quantitative estimate of drug-likeness (QED) is 0.623. The molecule has 2 N–H and O–H groups in total. The zero-order chi connectivity index (χ0) is 16.1. The third-order valence-corrected chi connectivity index (χ3v) is 5.81. The van der Waals surface area contributed by atoms with Crippen LogP contribution >= 0.6 is 0 Å². The predicted molar refractivity (Wildman–Crippen MR) is 95.2 cm³/mol. The molecule has 114 valence electrons. The fraction of sp³-hybridized carbons (Fsp3) is 0.211. The molecular formula is C19H14BN3O. The number of carbonyl (C=O) groups excluding carboxylic acids is 1. The number of nitrogens with one attached hydrogen (secondary N) is 2. The predicted octanol–water partition coefficient (Wildman–Crippen LogP) is 1.92. The highest BCUT2D eigenvalue weighted by Gasteiger charge is 2.64. The average Bonchev–Trinajstić information content (AvgIpc) is 3.00. The molecule has 1 amide bonds. The molecule has 0 saturated carbocycles. The van der Waals surface area contributed by atoms with Gasteiger partial charge in [-0.05, 0) is 30.5 Å². The first-order valence-electron chi connectivity index (χ1n) is 8.35.